The van der Waals surface area contributed by atoms with Crippen LogP contribution in [-0.4, -0.2) is 22.6 Å². The molecule has 7 heterocycles. The van der Waals surface area contributed by atoms with Gasteiger partial charge < -0.3 is 18.9 Å². The van der Waals surface area contributed by atoms with E-state index in [9.17, 15) is 0 Å². The maximum absolute atomic E-state index is 2.74. The van der Waals surface area contributed by atoms with Crippen LogP contribution in [0.2, 0.25) is 0 Å². The van der Waals surface area contributed by atoms with E-state index in [1.165, 1.54) is 132 Å². The molecule has 0 saturated heterocycles. The highest BCUT2D eigenvalue weighted by Gasteiger charge is 2.51. The summed E-state index contributed by atoms with van der Waals surface area (Å²) in [6.45, 7) is 0.0843. The lowest BCUT2D eigenvalue weighted by atomic mass is 9.29. The van der Waals surface area contributed by atoms with E-state index in [1.54, 1.807) is 0 Å². The van der Waals surface area contributed by atoms with Crippen molar-refractivity contribution < 1.29 is 0 Å². The minimum atomic E-state index is 0.0273. The number of hydrogen-bond acceptors (Lipinski definition) is 3. The average Bonchev–Trinajstić information content (AvgIpc) is 3.84. The molecule has 9 aromatic carbocycles. The van der Waals surface area contributed by atoms with Gasteiger partial charge in [0.2, 0.25) is 0 Å². The average molecular weight is 789 g/mol. The van der Waals surface area contributed by atoms with Gasteiger partial charge in [-0.3, -0.25) is 0 Å². The second kappa shape index (κ2) is 10.9. The van der Waals surface area contributed by atoms with Crippen molar-refractivity contribution in [2.75, 3.05) is 9.80 Å². The van der Waals surface area contributed by atoms with E-state index < -0.39 is 0 Å². The van der Waals surface area contributed by atoms with Gasteiger partial charge in [-0.2, -0.15) is 0 Å². The first-order chi connectivity index (χ1) is 30.3. The maximum Gasteiger partial charge on any atom is 0.252 e. The van der Waals surface area contributed by atoms with Gasteiger partial charge in [0.1, 0.15) is 0 Å². The van der Waals surface area contributed by atoms with Gasteiger partial charge in [-0.15, -0.1) is 0 Å². The summed E-state index contributed by atoms with van der Waals surface area (Å²) in [5.41, 5.74) is 23.6. The third-order valence-corrected chi connectivity index (χ3v) is 15.5. The summed E-state index contributed by atoms with van der Waals surface area (Å²) in [4.78, 5) is 7.77. The van der Waals surface area contributed by atoms with Crippen molar-refractivity contribution in [1.82, 2.24) is 9.13 Å². The summed E-state index contributed by atoms with van der Waals surface area (Å²) in [5, 5.41) is 5.25. The lowest BCUT2D eigenvalue weighted by molar-refractivity contribution is 1.14. The molecule has 0 radical (unpaired) electrons. The van der Waals surface area contributed by atoms with Gasteiger partial charge in [0.25, 0.3) is 13.4 Å². The van der Waals surface area contributed by atoms with Crippen molar-refractivity contribution in [2.45, 2.75) is 9.79 Å². The summed E-state index contributed by atoms with van der Waals surface area (Å²) in [7, 11) is 0. The Kier molecular flexibility index (Phi) is 5.63. The van der Waals surface area contributed by atoms with Crippen LogP contribution in [0.1, 0.15) is 0 Å². The monoisotopic (exact) mass is 788 g/mol. The Morgan fingerprint density at radius 3 is 1.87 bits per heavy atom. The van der Waals surface area contributed by atoms with Crippen LogP contribution < -0.4 is 42.6 Å². The molecular weight excluding hydrogens is 758 g/mol. The highest BCUT2D eigenvalue weighted by atomic mass is 32.2. The molecule has 61 heavy (non-hydrogen) atoms. The van der Waals surface area contributed by atoms with Gasteiger partial charge in [-0.25, -0.2) is 0 Å². The topological polar surface area (TPSA) is 16.3 Å². The molecule has 0 spiro atoms. The Bertz CT molecular complexity index is 3830. The molecule has 16 rings (SSSR count). The summed E-state index contributed by atoms with van der Waals surface area (Å²) in [6, 6.07) is 68.6. The zero-order chi connectivity index (χ0) is 39.2. The number of benzene rings is 9. The molecule has 11 aromatic rings. The van der Waals surface area contributed by atoms with E-state index in [0.29, 0.717) is 0 Å². The molecule has 278 valence electrons. The van der Waals surface area contributed by atoms with E-state index in [0.717, 1.165) is 0 Å². The zero-order valence-electron chi connectivity index (χ0n) is 32.7. The molecule has 5 aliphatic heterocycles. The van der Waals surface area contributed by atoms with Gasteiger partial charge in [0.05, 0.1) is 27.9 Å². The predicted octanol–water partition coefficient (Wildman–Crippen LogP) is 9.57. The fourth-order valence-electron chi connectivity index (χ4n) is 12.3. The zero-order valence-corrected chi connectivity index (χ0v) is 33.5. The molecule has 2 aromatic heterocycles. The van der Waals surface area contributed by atoms with Crippen LogP contribution in [0.5, 0.6) is 0 Å². The second-order valence-corrected chi connectivity index (χ2v) is 18.2. The molecule has 0 aliphatic carbocycles. The van der Waals surface area contributed by atoms with Gasteiger partial charge in [0.15, 0.2) is 0 Å². The van der Waals surface area contributed by atoms with Crippen molar-refractivity contribution in [2.24, 2.45) is 0 Å². The Morgan fingerprint density at radius 1 is 0.361 bits per heavy atom. The van der Waals surface area contributed by atoms with Gasteiger partial charge in [0, 0.05) is 71.0 Å². The van der Waals surface area contributed by atoms with E-state index in [-0.39, 0.29) is 13.4 Å². The van der Waals surface area contributed by atoms with Crippen molar-refractivity contribution in [3.63, 3.8) is 0 Å². The van der Waals surface area contributed by atoms with E-state index in [1.807, 2.05) is 11.8 Å². The lowest BCUT2D eigenvalue weighted by Gasteiger charge is -2.48. The first kappa shape index (κ1) is 31.6. The fourth-order valence-corrected chi connectivity index (χ4v) is 13.4. The number of hydrogen-bond donors (Lipinski definition) is 0. The third kappa shape index (κ3) is 3.60. The number of rotatable bonds is 2. The summed E-state index contributed by atoms with van der Waals surface area (Å²) in [5.74, 6) is 0. The third-order valence-electron chi connectivity index (χ3n) is 14.4. The molecule has 5 aliphatic rings. The van der Waals surface area contributed by atoms with Crippen LogP contribution in [0.25, 0.3) is 55.0 Å². The van der Waals surface area contributed by atoms with Crippen LogP contribution in [0.4, 0.5) is 34.1 Å². The molecule has 4 nitrogen and oxygen atoms in total. The number of fused-ring (bicyclic) bond motifs is 13. The lowest BCUT2D eigenvalue weighted by Crippen LogP contribution is -2.67. The van der Waals surface area contributed by atoms with Gasteiger partial charge in [-0.05, 0) is 93.4 Å². The Morgan fingerprint density at radius 2 is 1.00 bits per heavy atom. The van der Waals surface area contributed by atoms with E-state index in [2.05, 4.69) is 201 Å². The SMILES string of the molecule is c1ccc(N2c3ccccc3B3c4c2cc2c5c4-n4c6c3cccc6c3c4c(cc4c6ccccc6n(-c6ccccc6)c43)B5c3cccc4c3N2c2ccccc2S4)cc1. The molecule has 0 amide bonds. The highest BCUT2D eigenvalue weighted by Crippen LogP contribution is 2.55. The maximum atomic E-state index is 2.74. The van der Waals surface area contributed by atoms with Crippen molar-refractivity contribution >= 4 is 136 Å². The smallest absolute Gasteiger partial charge is 0.252 e. The molecule has 0 N–H and O–H groups in total. The standard InChI is InChI=1S/C54H30B2N4S/c1-3-15-31(16-4-1)57-41-25-10-8-21-36(41)55-37-22-13-20-34-47-51-35(33-19-7-9-24-40(33)58(51)32-17-5-2-6-18-32)29-39-53(47)60(50(34)37)54-48(55)43(57)30-44-49(54)56(39)38-23-14-28-46-52(38)59(44)42-26-11-12-27-45(42)61-46/h1-30H. The van der Waals surface area contributed by atoms with Gasteiger partial charge in [-0.1, -0.05) is 133 Å². The molecule has 0 fully saturated rings. The van der Waals surface area contributed by atoms with Crippen LogP contribution in [0, 0.1) is 0 Å². The molecule has 0 atom stereocenters. The van der Waals surface area contributed by atoms with E-state index in [4.69, 9.17) is 0 Å². The van der Waals surface area contributed by atoms with Gasteiger partial charge >= 0.3 is 0 Å². The van der Waals surface area contributed by atoms with Crippen LogP contribution in [0.3, 0.4) is 0 Å². The summed E-state index contributed by atoms with van der Waals surface area (Å²) >= 11 is 1.91. The highest BCUT2D eigenvalue weighted by molar-refractivity contribution is 7.99. The molecule has 0 bridgehead atoms. The van der Waals surface area contributed by atoms with Crippen molar-refractivity contribution in [1.29, 1.82) is 0 Å². The Balaban J connectivity index is 1.18. The largest absolute Gasteiger partial charge is 0.311 e. The Hall–Kier alpha value is -7.34. The van der Waals surface area contributed by atoms with Crippen LogP contribution >= 0.6 is 11.8 Å². The Labute approximate surface area is 356 Å². The molecule has 0 unspecified atom stereocenters. The van der Waals surface area contributed by atoms with Crippen molar-refractivity contribution in [3.05, 3.63) is 182 Å². The minimum absolute atomic E-state index is 0.0273. The molecule has 7 heteroatoms. The van der Waals surface area contributed by atoms with Crippen LogP contribution in [0.15, 0.2) is 192 Å². The van der Waals surface area contributed by atoms with Crippen LogP contribution in [-0.2, 0) is 0 Å². The molecular formula is C54H30B2N4S. The summed E-state index contributed by atoms with van der Waals surface area (Å²) < 4.78 is 5.28. The number of para-hydroxylation sites is 7. The first-order valence-electron chi connectivity index (χ1n) is 21.3. The van der Waals surface area contributed by atoms with E-state index >= 15 is 0 Å². The fraction of sp³-hybridized carbons (Fsp3) is 0. The quantitative estimate of drug-likeness (QED) is 0.163. The number of nitrogens with zero attached hydrogens (tertiary/aromatic N) is 4. The first-order valence-corrected chi connectivity index (χ1v) is 22.1. The number of aromatic nitrogens is 2. The summed E-state index contributed by atoms with van der Waals surface area (Å²) in [6.07, 6.45) is 0. The predicted molar refractivity (Wildman–Crippen MR) is 258 cm³/mol. The molecule has 0 saturated carbocycles. The number of anilines is 6. The normalized spacial score (nSPS) is 14.4. The minimum Gasteiger partial charge on any atom is -0.311 e. The second-order valence-electron chi connectivity index (χ2n) is 17.1. The van der Waals surface area contributed by atoms with Crippen molar-refractivity contribution in [3.8, 4) is 11.4 Å².